The third kappa shape index (κ3) is 6.70. The number of amides is 1. The van der Waals surface area contributed by atoms with Crippen LogP contribution in [-0.4, -0.2) is 18.2 Å². The van der Waals surface area contributed by atoms with Crippen LogP contribution in [0.4, 0.5) is 0 Å². The largest absolute Gasteiger partial charge is 0.488 e. The van der Waals surface area contributed by atoms with E-state index in [1.54, 1.807) is 30.0 Å². The van der Waals surface area contributed by atoms with Gasteiger partial charge in [-0.05, 0) is 35.4 Å². The van der Waals surface area contributed by atoms with Gasteiger partial charge in [0.05, 0.1) is 5.56 Å². The molecular weight excluding hydrogens is 425 g/mol. The number of hydrogen-bond acceptors (Lipinski definition) is 3. The average Bonchev–Trinajstić information content (AvgIpc) is 2.74. The Bertz CT molecular complexity index is 951. The molecule has 0 unspecified atom stereocenters. The van der Waals surface area contributed by atoms with E-state index in [1.165, 1.54) is 0 Å². The van der Waals surface area contributed by atoms with Crippen molar-refractivity contribution in [2.24, 2.45) is 0 Å². The van der Waals surface area contributed by atoms with Crippen LogP contribution in [0.2, 0.25) is 10.0 Å². The summed E-state index contributed by atoms with van der Waals surface area (Å²) in [7, 11) is 0. The van der Waals surface area contributed by atoms with Crippen molar-refractivity contribution in [3.05, 3.63) is 99.5 Å². The second kappa shape index (κ2) is 11.1. The molecule has 0 atom stereocenters. The summed E-state index contributed by atoms with van der Waals surface area (Å²) < 4.78 is 5.86. The van der Waals surface area contributed by atoms with Crippen LogP contribution in [0.15, 0.2) is 72.8 Å². The fourth-order valence-electron chi connectivity index (χ4n) is 2.67. The molecule has 0 aliphatic heterocycles. The first-order valence-electron chi connectivity index (χ1n) is 9.19. The molecule has 0 aromatic heterocycles. The highest BCUT2D eigenvalue weighted by atomic mass is 35.5. The van der Waals surface area contributed by atoms with E-state index in [2.05, 4.69) is 5.32 Å². The maximum Gasteiger partial charge on any atom is 0.255 e. The normalized spacial score (nSPS) is 10.6. The molecule has 0 radical (unpaired) electrons. The zero-order chi connectivity index (χ0) is 20.5. The molecule has 0 fully saturated rings. The first-order valence-corrected chi connectivity index (χ1v) is 11.1. The van der Waals surface area contributed by atoms with Gasteiger partial charge in [0.1, 0.15) is 12.4 Å². The van der Waals surface area contributed by atoms with E-state index in [9.17, 15) is 4.79 Å². The molecule has 3 aromatic carbocycles. The van der Waals surface area contributed by atoms with Gasteiger partial charge < -0.3 is 10.1 Å². The van der Waals surface area contributed by atoms with Crippen LogP contribution in [0, 0.1) is 0 Å². The Morgan fingerprint density at radius 2 is 1.72 bits per heavy atom. The summed E-state index contributed by atoms with van der Waals surface area (Å²) in [6, 6.07) is 22.7. The Balaban J connectivity index is 1.51. The Kier molecular flexibility index (Phi) is 8.29. The van der Waals surface area contributed by atoms with Gasteiger partial charge in [-0.15, -0.1) is 0 Å². The molecule has 1 amide bonds. The summed E-state index contributed by atoms with van der Waals surface area (Å²) in [6.07, 6.45) is 0. The number of carbonyl (C=O) groups is 1. The number of benzene rings is 3. The molecule has 0 aliphatic carbocycles. The maximum atomic E-state index is 12.6. The van der Waals surface area contributed by atoms with E-state index < -0.39 is 0 Å². The Morgan fingerprint density at radius 3 is 2.52 bits per heavy atom. The summed E-state index contributed by atoms with van der Waals surface area (Å²) in [6.45, 7) is 0.926. The minimum absolute atomic E-state index is 0.200. The van der Waals surface area contributed by atoms with Crippen LogP contribution in [0.25, 0.3) is 0 Å². The predicted molar refractivity (Wildman–Crippen MR) is 122 cm³/mol. The van der Waals surface area contributed by atoms with Gasteiger partial charge in [0.15, 0.2) is 0 Å². The number of nitrogens with one attached hydrogen (secondary N) is 1. The third-order valence-electron chi connectivity index (χ3n) is 4.17. The molecule has 0 bridgehead atoms. The molecule has 3 aromatic rings. The molecule has 6 heteroatoms. The number of halogens is 2. The average molecular weight is 446 g/mol. The summed E-state index contributed by atoms with van der Waals surface area (Å²) in [5.74, 6) is 1.89. The predicted octanol–water partition coefficient (Wildman–Crippen LogP) is 6.24. The van der Waals surface area contributed by atoms with Gasteiger partial charge in [0.2, 0.25) is 0 Å². The number of ether oxygens (including phenoxy) is 1. The molecule has 1 N–H and O–H groups in total. The maximum absolute atomic E-state index is 12.6. The van der Waals surface area contributed by atoms with Gasteiger partial charge in [-0.3, -0.25) is 4.79 Å². The van der Waals surface area contributed by atoms with E-state index in [1.807, 2.05) is 54.6 Å². The highest BCUT2D eigenvalue weighted by Crippen LogP contribution is 2.24. The number of hydrogen-bond donors (Lipinski definition) is 1. The van der Waals surface area contributed by atoms with Crippen LogP contribution in [0.3, 0.4) is 0 Å². The number of rotatable bonds is 9. The monoisotopic (exact) mass is 445 g/mol. The lowest BCUT2D eigenvalue weighted by atomic mass is 10.2. The van der Waals surface area contributed by atoms with Gasteiger partial charge in [-0.2, -0.15) is 11.8 Å². The standard InChI is InChI=1S/C23H21Cl2NO2S/c24-19-10-11-22(28-15-17-6-2-1-3-7-17)20(14-19)23(27)26-12-13-29-16-18-8-4-5-9-21(18)25/h1-11,14H,12-13,15-16H2,(H,26,27). The fourth-order valence-corrected chi connectivity index (χ4v) is 3.99. The van der Waals surface area contributed by atoms with E-state index in [-0.39, 0.29) is 5.91 Å². The zero-order valence-electron chi connectivity index (χ0n) is 15.7. The molecule has 29 heavy (non-hydrogen) atoms. The van der Waals surface area contributed by atoms with Gasteiger partial charge in [0, 0.05) is 28.1 Å². The van der Waals surface area contributed by atoms with Crippen molar-refractivity contribution < 1.29 is 9.53 Å². The second-order valence-electron chi connectivity index (χ2n) is 6.31. The first-order chi connectivity index (χ1) is 14.1. The molecule has 150 valence electrons. The van der Waals surface area contributed by atoms with Crippen LogP contribution in [-0.2, 0) is 12.4 Å². The molecule has 0 spiro atoms. The van der Waals surface area contributed by atoms with Gasteiger partial charge in [-0.1, -0.05) is 71.7 Å². The van der Waals surface area contributed by atoms with Crippen LogP contribution in [0.1, 0.15) is 21.5 Å². The summed E-state index contributed by atoms with van der Waals surface area (Å²) >= 11 is 14.0. The van der Waals surface area contributed by atoms with E-state index in [0.717, 1.165) is 27.7 Å². The summed E-state index contributed by atoms with van der Waals surface area (Å²) in [5, 5.41) is 4.20. The molecule has 0 saturated carbocycles. The first kappa shape index (κ1) is 21.6. The number of carbonyl (C=O) groups excluding carboxylic acids is 1. The smallest absolute Gasteiger partial charge is 0.255 e. The summed E-state index contributed by atoms with van der Waals surface area (Å²) in [4.78, 5) is 12.6. The SMILES string of the molecule is O=C(NCCSCc1ccccc1Cl)c1cc(Cl)ccc1OCc1ccccc1. The molecule has 0 heterocycles. The third-order valence-corrected chi connectivity index (χ3v) is 5.78. The lowest BCUT2D eigenvalue weighted by molar-refractivity contribution is 0.0951. The quantitative estimate of drug-likeness (QED) is 0.396. The molecular formula is C23H21Cl2NO2S. The van der Waals surface area contributed by atoms with E-state index in [0.29, 0.717) is 29.5 Å². The molecule has 3 nitrogen and oxygen atoms in total. The molecule has 0 saturated heterocycles. The summed E-state index contributed by atoms with van der Waals surface area (Å²) in [5.41, 5.74) is 2.56. The Morgan fingerprint density at radius 1 is 0.966 bits per heavy atom. The Labute approximate surface area is 185 Å². The number of thioether (sulfide) groups is 1. The van der Waals surface area contributed by atoms with Crippen molar-refractivity contribution in [2.45, 2.75) is 12.4 Å². The minimum atomic E-state index is -0.200. The van der Waals surface area contributed by atoms with Gasteiger partial charge >= 0.3 is 0 Å². The lowest BCUT2D eigenvalue weighted by Gasteiger charge is -2.12. The van der Waals surface area contributed by atoms with Crippen molar-refractivity contribution in [1.29, 1.82) is 0 Å². The topological polar surface area (TPSA) is 38.3 Å². The Hall–Kier alpha value is -2.14. The van der Waals surface area contributed by atoms with Gasteiger partial charge in [0.25, 0.3) is 5.91 Å². The highest BCUT2D eigenvalue weighted by molar-refractivity contribution is 7.98. The highest BCUT2D eigenvalue weighted by Gasteiger charge is 2.13. The van der Waals surface area contributed by atoms with Gasteiger partial charge in [-0.25, -0.2) is 0 Å². The second-order valence-corrected chi connectivity index (χ2v) is 8.26. The van der Waals surface area contributed by atoms with Crippen molar-refractivity contribution in [3.63, 3.8) is 0 Å². The van der Waals surface area contributed by atoms with Crippen molar-refractivity contribution >= 4 is 40.9 Å². The van der Waals surface area contributed by atoms with E-state index in [4.69, 9.17) is 27.9 Å². The van der Waals surface area contributed by atoms with Crippen LogP contribution in [0.5, 0.6) is 5.75 Å². The van der Waals surface area contributed by atoms with Crippen molar-refractivity contribution in [1.82, 2.24) is 5.32 Å². The minimum Gasteiger partial charge on any atom is -0.488 e. The van der Waals surface area contributed by atoms with Crippen LogP contribution < -0.4 is 10.1 Å². The molecule has 3 rings (SSSR count). The van der Waals surface area contributed by atoms with E-state index >= 15 is 0 Å². The van der Waals surface area contributed by atoms with Crippen molar-refractivity contribution in [2.75, 3.05) is 12.3 Å². The molecule has 0 aliphatic rings. The van der Waals surface area contributed by atoms with Crippen LogP contribution >= 0.6 is 35.0 Å². The fraction of sp³-hybridized carbons (Fsp3) is 0.174. The lowest BCUT2D eigenvalue weighted by Crippen LogP contribution is -2.26. The zero-order valence-corrected chi connectivity index (χ0v) is 18.1. The van der Waals surface area contributed by atoms with Crippen molar-refractivity contribution in [3.8, 4) is 5.75 Å².